The second-order valence-corrected chi connectivity index (χ2v) is 21.6. The summed E-state index contributed by atoms with van der Waals surface area (Å²) in [6, 6.07) is 0. The molecular formula is C2H6I2OSi. The molecule has 0 atom stereocenters. The van der Waals surface area contributed by atoms with E-state index in [9.17, 15) is 0 Å². The van der Waals surface area contributed by atoms with Gasteiger partial charge in [-0.2, -0.15) is 0 Å². The lowest BCUT2D eigenvalue weighted by Gasteiger charge is -2.05. The van der Waals surface area contributed by atoms with Gasteiger partial charge in [0.15, 0.2) is 0 Å². The fourth-order valence-corrected chi connectivity index (χ4v) is 0. The van der Waals surface area contributed by atoms with Gasteiger partial charge < -0.3 is 4.43 Å². The summed E-state index contributed by atoms with van der Waals surface area (Å²) in [6.45, 7) is 2.13. The first kappa shape index (κ1) is 7.64. The monoisotopic (exact) mass is 328 g/mol. The molecule has 1 nitrogen and oxygen atoms in total. The standard InChI is InChI=1S/C2H6I2OSi/c1-5-6(2,3)4/h1-2H3. The van der Waals surface area contributed by atoms with Crippen LogP contribution in [0.15, 0.2) is 0 Å². The molecule has 0 aromatic heterocycles. The van der Waals surface area contributed by atoms with Crippen LogP contribution in [0.5, 0.6) is 0 Å². The van der Waals surface area contributed by atoms with Gasteiger partial charge in [-0.05, 0) is 6.55 Å². The Balaban J connectivity index is 3.17. The van der Waals surface area contributed by atoms with Gasteiger partial charge in [0, 0.05) is 7.11 Å². The quantitative estimate of drug-likeness (QED) is 0.407. The average Bonchev–Trinajstić information content (AvgIpc) is 1.35. The lowest BCUT2D eigenvalue weighted by atomic mass is 11.8. The van der Waals surface area contributed by atoms with Crippen LogP contribution in [-0.2, 0) is 4.43 Å². The van der Waals surface area contributed by atoms with Crippen molar-refractivity contribution in [2.45, 2.75) is 6.55 Å². The molecule has 0 saturated carbocycles. The Morgan fingerprint density at radius 1 is 1.50 bits per heavy atom. The fraction of sp³-hybridized carbons (Fsp3) is 1.00. The zero-order valence-electron chi connectivity index (χ0n) is 3.66. The van der Waals surface area contributed by atoms with Crippen LogP contribution in [0.25, 0.3) is 0 Å². The highest BCUT2D eigenvalue weighted by Gasteiger charge is 2.16. The van der Waals surface area contributed by atoms with Crippen LogP contribution in [-0.4, -0.2) is 10.4 Å². The lowest BCUT2D eigenvalue weighted by molar-refractivity contribution is 0.441. The minimum absolute atomic E-state index is 1.19. The summed E-state index contributed by atoms with van der Waals surface area (Å²) in [5.74, 6) is 0. The van der Waals surface area contributed by atoms with Gasteiger partial charge in [-0.25, -0.2) is 0 Å². The maximum atomic E-state index is 5.05. The molecule has 0 aromatic rings. The molecule has 0 spiro atoms. The van der Waals surface area contributed by atoms with Crippen LogP contribution in [0, 0.1) is 0 Å². The van der Waals surface area contributed by atoms with Crippen molar-refractivity contribution >= 4 is 46.9 Å². The van der Waals surface area contributed by atoms with Gasteiger partial charge >= 0.3 is 3.31 Å². The Bertz CT molecular complexity index is 41.3. The molecular weight excluding hydrogens is 322 g/mol. The highest BCUT2D eigenvalue weighted by molar-refractivity contribution is 14.3. The van der Waals surface area contributed by atoms with Crippen molar-refractivity contribution in [1.82, 2.24) is 0 Å². The predicted octanol–water partition coefficient (Wildman–Crippen LogP) is 2.07. The molecule has 0 aliphatic rings. The SMILES string of the molecule is CO[Si](C)(I)I. The average molecular weight is 328 g/mol. The molecule has 0 unspecified atom stereocenters. The van der Waals surface area contributed by atoms with Crippen LogP contribution >= 0.6 is 43.6 Å². The van der Waals surface area contributed by atoms with E-state index in [4.69, 9.17) is 4.43 Å². The molecule has 0 heterocycles. The summed E-state index contributed by atoms with van der Waals surface area (Å²) >= 11 is 4.69. The number of rotatable bonds is 1. The van der Waals surface area contributed by atoms with E-state index in [0.717, 1.165) is 0 Å². The zero-order valence-corrected chi connectivity index (χ0v) is 8.98. The van der Waals surface area contributed by atoms with E-state index in [1.54, 1.807) is 7.11 Å². The van der Waals surface area contributed by atoms with Crippen molar-refractivity contribution in [1.29, 1.82) is 0 Å². The second kappa shape index (κ2) is 2.83. The zero-order chi connectivity index (χ0) is 5.21. The predicted molar refractivity (Wildman–Crippen MR) is 46.7 cm³/mol. The van der Waals surface area contributed by atoms with E-state index in [0.29, 0.717) is 0 Å². The van der Waals surface area contributed by atoms with Crippen molar-refractivity contribution in [3.8, 4) is 0 Å². The van der Waals surface area contributed by atoms with Gasteiger partial charge in [0.2, 0.25) is 0 Å². The largest absolute Gasteiger partial charge is 0.403 e. The summed E-state index contributed by atoms with van der Waals surface area (Å²) in [7, 11) is 1.76. The molecule has 6 heavy (non-hydrogen) atoms. The summed E-state index contributed by atoms with van der Waals surface area (Å²) < 4.78 is 3.86. The molecule has 38 valence electrons. The first-order chi connectivity index (χ1) is 2.56. The Morgan fingerprint density at radius 2 is 1.67 bits per heavy atom. The first-order valence-corrected chi connectivity index (χ1v) is 10.1. The van der Waals surface area contributed by atoms with Crippen LogP contribution in [0.2, 0.25) is 6.55 Å². The van der Waals surface area contributed by atoms with Crippen molar-refractivity contribution in [3.05, 3.63) is 0 Å². The number of hydrogen-bond acceptors (Lipinski definition) is 1. The van der Waals surface area contributed by atoms with Crippen LogP contribution < -0.4 is 0 Å². The van der Waals surface area contributed by atoms with Gasteiger partial charge in [-0.15, -0.1) is 0 Å². The minimum Gasteiger partial charge on any atom is -0.403 e. The van der Waals surface area contributed by atoms with E-state index in [1.165, 1.54) is 0 Å². The third-order valence-corrected chi connectivity index (χ3v) is 3.72. The van der Waals surface area contributed by atoms with Crippen molar-refractivity contribution < 1.29 is 4.43 Å². The molecule has 0 aromatic carbocycles. The molecule has 0 fully saturated rings. The Kier molecular flexibility index (Phi) is 3.60. The second-order valence-electron chi connectivity index (χ2n) is 1.01. The minimum atomic E-state index is -1.19. The van der Waals surface area contributed by atoms with Crippen LogP contribution in [0.1, 0.15) is 0 Å². The topological polar surface area (TPSA) is 9.23 Å². The summed E-state index contributed by atoms with van der Waals surface area (Å²) in [5.41, 5.74) is 0. The van der Waals surface area contributed by atoms with Gasteiger partial charge in [0.1, 0.15) is 0 Å². The maximum absolute atomic E-state index is 5.05. The third-order valence-electron chi connectivity index (χ3n) is 0.358. The number of halogens is 2. The molecule has 0 bridgehead atoms. The van der Waals surface area contributed by atoms with E-state index in [1.807, 2.05) is 0 Å². The summed E-state index contributed by atoms with van der Waals surface area (Å²) in [4.78, 5) is 0. The van der Waals surface area contributed by atoms with E-state index in [-0.39, 0.29) is 0 Å². The molecule has 4 heteroatoms. The molecule has 0 rings (SSSR count). The van der Waals surface area contributed by atoms with Crippen molar-refractivity contribution in [2.24, 2.45) is 0 Å². The molecule has 0 aliphatic heterocycles. The van der Waals surface area contributed by atoms with E-state index >= 15 is 0 Å². The van der Waals surface area contributed by atoms with Gasteiger partial charge in [0.25, 0.3) is 0 Å². The Hall–Kier alpha value is 1.64. The van der Waals surface area contributed by atoms with Gasteiger partial charge in [-0.1, -0.05) is 43.6 Å². The normalized spacial score (nSPS) is 12.0. The number of hydrogen-bond donors (Lipinski definition) is 0. The van der Waals surface area contributed by atoms with Crippen molar-refractivity contribution in [2.75, 3.05) is 7.11 Å². The van der Waals surface area contributed by atoms with Crippen LogP contribution in [0.3, 0.4) is 0 Å². The Labute approximate surface area is 64.4 Å². The lowest BCUT2D eigenvalue weighted by Crippen LogP contribution is -2.12. The van der Waals surface area contributed by atoms with Gasteiger partial charge in [-0.3, -0.25) is 0 Å². The fourth-order valence-electron chi connectivity index (χ4n) is 0. The third kappa shape index (κ3) is 5.64. The highest BCUT2D eigenvalue weighted by Crippen LogP contribution is 2.20. The highest BCUT2D eigenvalue weighted by atomic mass is 127. The molecule has 0 N–H and O–H groups in total. The molecule has 0 saturated heterocycles. The molecule has 0 amide bonds. The summed E-state index contributed by atoms with van der Waals surface area (Å²) in [6.07, 6.45) is 0. The summed E-state index contributed by atoms with van der Waals surface area (Å²) in [5, 5.41) is 0. The van der Waals surface area contributed by atoms with Crippen molar-refractivity contribution in [3.63, 3.8) is 0 Å². The molecule has 0 aliphatic carbocycles. The van der Waals surface area contributed by atoms with Gasteiger partial charge in [0.05, 0.1) is 0 Å². The van der Waals surface area contributed by atoms with E-state index in [2.05, 4.69) is 50.1 Å². The first-order valence-electron chi connectivity index (χ1n) is 1.49. The Morgan fingerprint density at radius 3 is 1.67 bits per heavy atom. The maximum Gasteiger partial charge on any atom is 0.321 e. The van der Waals surface area contributed by atoms with E-state index < -0.39 is 3.31 Å². The molecule has 0 radical (unpaired) electrons. The van der Waals surface area contributed by atoms with Crippen LogP contribution in [0.4, 0.5) is 0 Å². The smallest absolute Gasteiger partial charge is 0.321 e.